The maximum atomic E-state index is 13.0. The van der Waals surface area contributed by atoms with Crippen LogP contribution in [0.1, 0.15) is 40.9 Å². The van der Waals surface area contributed by atoms with Crippen LogP contribution in [0.2, 0.25) is 0 Å². The second-order valence-corrected chi connectivity index (χ2v) is 7.04. The summed E-state index contributed by atoms with van der Waals surface area (Å²) in [5, 5.41) is 10.7. The van der Waals surface area contributed by atoms with Gasteiger partial charge in [-0.3, -0.25) is 14.6 Å². The SMILES string of the molecule is COc1cc(O)c(C(CC(=O)N2CCOCC2)c2ccc(C(C)=O)cn2)c(OC)c1. The number of aromatic hydroxyl groups is 1. The molecule has 1 unspecified atom stereocenters. The van der Waals surface area contributed by atoms with Crippen LogP contribution in [0.4, 0.5) is 0 Å². The molecule has 0 bridgehead atoms. The first-order valence-corrected chi connectivity index (χ1v) is 9.72. The van der Waals surface area contributed by atoms with Crippen LogP contribution >= 0.6 is 0 Å². The van der Waals surface area contributed by atoms with Gasteiger partial charge < -0.3 is 24.2 Å². The van der Waals surface area contributed by atoms with E-state index < -0.39 is 5.92 Å². The van der Waals surface area contributed by atoms with Gasteiger partial charge in [0.25, 0.3) is 0 Å². The Kier molecular flexibility index (Phi) is 6.89. The molecule has 30 heavy (non-hydrogen) atoms. The van der Waals surface area contributed by atoms with E-state index in [1.54, 1.807) is 23.1 Å². The highest BCUT2D eigenvalue weighted by molar-refractivity contribution is 5.93. The number of morpholine rings is 1. The second kappa shape index (κ2) is 9.58. The maximum absolute atomic E-state index is 13.0. The minimum absolute atomic E-state index is 0.0524. The molecule has 3 rings (SSSR count). The largest absolute Gasteiger partial charge is 0.507 e. The van der Waals surface area contributed by atoms with Gasteiger partial charge in [-0.1, -0.05) is 0 Å². The highest BCUT2D eigenvalue weighted by atomic mass is 16.5. The predicted molar refractivity (Wildman–Crippen MR) is 109 cm³/mol. The van der Waals surface area contributed by atoms with Crippen molar-refractivity contribution in [3.05, 3.63) is 47.3 Å². The summed E-state index contributed by atoms with van der Waals surface area (Å²) in [7, 11) is 2.99. The Bertz CT molecular complexity index is 907. The van der Waals surface area contributed by atoms with Gasteiger partial charge in [-0.05, 0) is 19.1 Å². The molecule has 1 N–H and O–H groups in total. The quantitative estimate of drug-likeness (QED) is 0.695. The number of phenols is 1. The van der Waals surface area contributed by atoms with Gasteiger partial charge >= 0.3 is 0 Å². The molecule has 160 valence electrons. The molecule has 2 heterocycles. The lowest BCUT2D eigenvalue weighted by Crippen LogP contribution is -2.41. The Hall–Kier alpha value is -3.13. The number of hydrogen-bond acceptors (Lipinski definition) is 7. The number of benzene rings is 1. The summed E-state index contributed by atoms with van der Waals surface area (Å²) in [5.41, 5.74) is 1.48. The third kappa shape index (κ3) is 4.71. The highest BCUT2D eigenvalue weighted by Gasteiger charge is 2.29. The molecule has 0 spiro atoms. The number of methoxy groups -OCH3 is 2. The number of amides is 1. The molecule has 1 saturated heterocycles. The van der Waals surface area contributed by atoms with E-state index >= 15 is 0 Å². The van der Waals surface area contributed by atoms with Crippen LogP contribution in [-0.4, -0.2) is 67.2 Å². The van der Waals surface area contributed by atoms with Crippen molar-refractivity contribution >= 4 is 11.7 Å². The summed E-state index contributed by atoms with van der Waals surface area (Å²) in [6, 6.07) is 6.51. The summed E-state index contributed by atoms with van der Waals surface area (Å²) in [4.78, 5) is 30.8. The summed E-state index contributed by atoms with van der Waals surface area (Å²) >= 11 is 0. The minimum atomic E-state index is -0.567. The Labute approximate surface area is 175 Å². The van der Waals surface area contributed by atoms with Crippen LogP contribution in [0.25, 0.3) is 0 Å². The molecule has 1 aliphatic heterocycles. The summed E-state index contributed by atoms with van der Waals surface area (Å²) in [6.07, 6.45) is 1.57. The van der Waals surface area contributed by atoms with Crippen molar-refractivity contribution in [1.29, 1.82) is 0 Å². The zero-order chi connectivity index (χ0) is 21.7. The molecule has 8 nitrogen and oxygen atoms in total. The minimum Gasteiger partial charge on any atom is -0.507 e. The monoisotopic (exact) mass is 414 g/mol. The molecule has 1 atom stereocenters. The first-order chi connectivity index (χ1) is 14.4. The van der Waals surface area contributed by atoms with E-state index in [2.05, 4.69) is 4.98 Å². The Morgan fingerprint density at radius 2 is 1.93 bits per heavy atom. The van der Waals surface area contributed by atoms with Crippen molar-refractivity contribution in [3.8, 4) is 17.2 Å². The lowest BCUT2D eigenvalue weighted by Gasteiger charge is -2.29. The molecule has 1 amide bonds. The number of ether oxygens (including phenoxy) is 3. The molecule has 1 fully saturated rings. The Morgan fingerprint density at radius 1 is 1.20 bits per heavy atom. The van der Waals surface area contributed by atoms with Crippen LogP contribution < -0.4 is 9.47 Å². The number of hydrogen-bond donors (Lipinski definition) is 1. The second-order valence-electron chi connectivity index (χ2n) is 7.04. The number of nitrogens with zero attached hydrogens (tertiary/aromatic N) is 2. The number of phenolic OH excluding ortho intramolecular Hbond substituents is 1. The van der Waals surface area contributed by atoms with Gasteiger partial charge in [0.15, 0.2) is 5.78 Å². The van der Waals surface area contributed by atoms with Gasteiger partial charge in [-0.15, -0.1) is 0 Å². The van der Waals surface area contributed by atoms with Crippen LogP contribution in [0.3, 0.4) is 0 Å². The standard InChI is InChI=1S/C22H26N2O6/c1-14(25)15-4-5-18(23-13-15)17(12-21(27)24-6-8-30-9-7-24)22-19(26)10-16(28-2)11-20(22)29-3/h4-5,10-11,13,17,26H,6-9,12H2,1-3H3. The van der Waals surface area contributed by atoms with E-state index in [1.807, 2.05) is 0 Å². The van der Waals surface area contributed by atoms with E-state index in [9.17, 15) is 14.7 Å². The molecular formula is C22H26N2O6. The zero-order valence-corrected chi connectivity index (χ0v) is 17.4. The fourth-order valence-electron chi connectivity index (χ4n) is 3.51. The molecule has 0 radical (unpaired) electrons. The van der Waals surface area contributed by atoms with Crippen molar-refractivity contribution in [1.82, 2.24) is 9.88 Å². The molecule has 0 aliphatic carbocycles. The van der Waals surface area contributed by atoms with Gasteiger partial charge in [0.1, 0.15) is 17.2 Å². The number of carbonyl (C=O) groups excluding carboxylic acids is 2. The van der Waals surface area contributed by atoms with Gasteiger partial charge in [0, 0.05) is 60.6 Å². The first kappa shape index (κ1) is 21.6. The van der Waals surface area contributed by atoms with E-state index in [4.69, 9.17) is 14.2 Å². The van der Waals surface area contributed by atoms with Gasteiger partial charge in [0.05, 0.1) is 27.4 Å². The fourth-order valence-corrected chi connectivity index (χ4v) is 3.51. The van der Waals surface area contributed by atoms with Crippen molar-refractivity contribution in [2.45, 2.75) is 19.3 Å². The van der Waals surface area contributed by atoms with Gasteiger partial charge in [0.2, 0.25) is 5.91 Å². The normalized spacial score (nSPS) is 14.8. The van der Waals surface area contributed by atoms with Crippen LogP contribution in [0, 0.1) is 0 Å². The Morgan fingerprint density at radius 3 is 2.50 bits per heavy atom. The van der Waals surface area contributed by atoms with E-state index in [0.717, 1.165) is 0 Å². The molecule has 1 aromatic carbocycles. The Balaban J connectivity index is 2.03. The summed E-state index contributed by atoms with van der Waals surface area (Å²) in [6.45, 7) is 3.51. The molecular weight excluding hydrogens is 388 g/mol. The van der Waals surface area contributed by atoms with E-state index in [-0.39, 0.29) is 23.9 Å². The number of pyridine rings is 1. The molecule has 2 aromatic rings. The number of carbonyl (C=O) groups is 2. The molecule has 1 aromatic heterocycles. The maximum Gasteiger partial charge on any atom is 0.223 e. The van der Waals surface area contributed by atoms with E-state index in [0.29, 0.717) is 54.6 Å². The average molecular weight is 414 g/mol. The number of ketones is 1. The first-order valence-electron chi connectivity index (χ1n) is 9.72. The van der Waals surface area contributed by atoms with Crippen molar-refractivity contribution < 1.29 is 28.9 Å². The van der Waals surface area contributed by atoms with Crippen molar-refractivity contribution in [3.63, 3.8) is 0 Å². The van der Waals surface area contributed by atoms with Crippen molar-refractivity contribution in [2.24, 2.45) is 0 Å². The predicted octanol–water partition coefficient (Wildman–Crippen LogP) is 2.39. The number of Topliss-reactive ketones (excluding diaryl/α,β-unsaturated/α-hetero) is 1. The number of aromatic nitrogens is 1. The zero-order valence-electron chi connectivity index (χ0n) is 17.4. The lowest BCUT2D eigenvalue weighted by atomic mass is 9.89. The smallest absolute Gasteiger partial charge is 0.223 e. The van der Waals surface area contributed by atoms with Gasteiger partial charge in [-0.2, -0.15) is 0 Å². The fraction of sp³-hybridized carbons (Fsp3) is 0.409. The van der Waals surface area contributed by atoms with E-state index in [1.165, 1.54) is 33.4 Å². The molecule has 1 aliphatic rings. The molecule has 8 heteroatoms. The van der Waals surface area contributed by atoms with Crippen LogP contribution in [0.5, 0.6) is 17.2 Å². The lowest BCUT2D eigenvalue weighted by molar-refractivity contribution is -0.135. The summed E-state index contributed by atoms with van der Waals surface area (Å²) < 4.78 is 16.0. The summed E-state index contributed by atoms with van der Waals surface area (Å²) in [5.74, 6) is 0.0406. The third-order valence-corrected chi connectivity index (χ3v) is 5.19. The van der Waals surface area contributed by atoms with Crippen molar-refractivity contribution in [2.75, 3.05) is 40.5 Å². The van der Waals surface area contributed by atoms with Crippen LogP contribution in [0.15, 0.2) is 30.5 Å². The van der Waals surface area contributed by atoms with Gasteiger partial charge in [-0.25, -0.2) is 0 Å². The highest BCUT2D eigenvalue weighted by Crippen LogP contribution is 2.42. The third-order valence-electron chi connectivity index (χ3n) is 5.19. The molecule has 0 saturated carbocycles. The average Bonchev–Trinajstić information content (AvgIpc) is 2.77. The topological polar surface area (TPSA) is 98.2 Å². The number of rotatable bonds is 7. The van der Waals surface area contributed by atoms with Crippen LogP contribution in [-0.2, 0) is 9.53 Å².